The average Bonchev–Trinajstić information content (AvgIpc) is 2.91. The molecule has 0 bridgehead atoms. The third-order valence-corrected chi connectivity index (χ3v) is 5.21. The Balaban J connectivity index is 1.90. The highest BCUT2D eigenvalue weighted by Gasteiger charge is 2.33. The predicted molar refractivity (Wildman–Crippen MR) is 116 cm³/mol. The molecule has 2 aromatic carbocycles. The van der Waals surface area contributed by atoms with E-state index >= 15 is 0 Å². The third kappa shape index (κ3) is 4.43. The van der Waals surface area contributed by atoms with Crippen molar-refractivity contribution in [3.8, 4) is 11.5 Å². The second-order valence-corrected chi connectivity index (χ2v) is 7.76. The molecule has 0 spiro atoms. The van der Waals surface area contributed by atoms with Crippen LogP contribution >= 0.6 is 24.0 Å². The number of hydrogen-bond donors (Lipinski definition) is 0. The lowest BCUT2D eigenvalue weighted by Gasteiger charge is -2.14. The molecule has 0 unspecified atom stereocenters. The molecule has 0 atom stereocenters. The maximum absolute atomic E-state index is 12.9. The van der Waals surface area contributed by atoms with Crippen molar-refractivity contribution in [1.82, 2.24) is 0 Å². The Labute approximate surface area is 173 Å². The van der Waals surface area contributed by atoms with E-state index in [1.54, 1.807) is 24.3 Å². The summed E-state index contributed by atoms with van der Waals surface area (Å²) >= 11 is 6.66. The van der Waals surface area contributed by atoms with Gasteiger partial charge in [0.15, 0.2) is 15.8 Å². The Bertz CT molecular complexity index is 967. The molecule has 2 aromatic rings. The van der Waals surface area contributed by atoms with E-state index < -0.39 is 5.97 Å². The van der Waals surface area contributed by atoms with Gasteiger partial charge in [-0.2, -0.15) is 0 Å². The van der Waals surface area contributed by atoms with Crippen molar-refractivity contribution in [2.75, 3.05) is 11.5 Å². The third-order valence-electron chi connectivity index (χ3n) is 3.90. The molecule has 3 rings (SSSR count). The fourth-order valence-corrected chi connectivity index (χ4v) is 3.96. The van der Waals surface area contributed by atoms with Gasteiger partial charge >= 0.3 is 5.97 Å². The monoisotopic (exact) mass is 413 g/mol. The van der Waals surface area contributed by atoms with E-state index in [1.165, 1.54) is 23.6 Å². The van der Waals surface area contributed by atoms with Gasteiger partial charge in [0.05, 0.1) is 17.2 Å². The molecule has 1 aliphatic heterocycles. The number of aryl methyl sites for hydroxylation is 1. The second kappa shape index (κ2) is 8.58. The summed E-state index contributed by atoms with van der Waals surface area (Å²) in [6.45, 7) is 5.59. The lowest BCUT2D eigenvalue weighted by atomic mass is 10.1. The molecule has 0 aromatic heterocycles. The van der Waals surface area contributed by atoms with Gasteiger partial charge in [-0.15, -0.1) is 0 Å². The smallest absolute Gasteiger partial charge is 0.308 e. The van der Waals surface area contributed by atoms with Crippen molar-refractivity contribution in [1.29, 1.82) is 0 Å². The Hall–Kier alpha value is -2.64. The van der Waals surface area contributed by atoms with Crippen molar-refractivity contribution < 1.29 is 19.1 Å². The van der Waals surface area contributed by atoms with Gasteiger partial charge in [-0.25, -0.2) is 0 Å². The highest BCUT2D eigenvalue weighted by molar-refractivity contribution is 8.27. The van der Waals surface area contributed by atoms with Gasteiger partial charge < -0.3 is 9.47 Å². The molecule has 28 heavy (non-hydrogen) atoms. The second-order valence-electron chi connectivity index (χ2n) is 6.09. The molecule has 7 heteroatoms. The number of hydrogen-bond acceptors (Lipinski definition) is 6. The summed E-state index contributed by atoms with van der Waals surface area (Å²) in [7, 11) is 0. The van der Waals surface area contributed by atoms with Gasteiger partial charge in [0.2, 0.25) is 0 Å². The van der Waals surface area contributed by atoms with Crippen LogP contribution in [0.1, 0.15) is 25.0 Å². The van der Waals surface area contributed by atoms with Crippen molar-refractivity contribution in [2.24, 2.45) is 0 Å². The van der Waals surface area contributed by atoms with Crippen LogP contribution in [-0.4, -0.2) is 22.8 Å². The number of nitrogens with zero attached hydrogens (tertiary/aromatic N) is 1. The van der Waals surface area contributed by atoms with E-state index in [-0.39, 0.29) is 5.91 Å². The first-order valence-electron chi connectivity index (χ1n) is 8.69. The summed E-state index contributed by atoms with van der Waals surface area (Å²) in [5, 5.41) is 0. The van der Waals surface area contributed by atoms with Crippen LogP contribution in [0.5, 0.6) is 11.5 Å². The zero-order valence-corrected chi connectivity index (χ0v) is 17.4. The molecule has 1 amide bonds. The minimum atomic E-state index is -0.423. The fourth-order valence-electron chi connectivity index (χ4n) is 2.66. The van der Waals surface area contributed by atoms with Crippen LogP contribution in [0.2, 0.25) is 0 Å². The Morgan fingerprint density at radius 2 is 1.89 bits per heavy atom. The maximum atomic E-state index is 12.9. The Morgan fingerprint density at radius 3 is 2.54 bits per heavy atom. The highest BCUT2D eigenvalue weighted by atomic mass is 32.2. The summed E-state index contributed by atoms with van der Waals surface area (Å²) in [6.07, 6.45) is 1.76. The van der Waals surface area contributed by atoms with Crippen LogP contribution in [0.4, 0.5) is 5.69 Å². The molecule has 0 N–H and O–H groups in total. The predicted octanol–water partition coefficient (Wildman–Crippen LogP) is 4.72. The van der Waals surface area contributed by atoms with Gasteiger partial charge in [-0.3, -0.25) is 14.5 Å². The zero-order valence-electron chi connectivity index (χ0n) is 15.7. The van der Waals surface area contributed by atoms with Gasteiger partial charge in [0.25, 0.3) is 5.91 Å². The number of thioether (sulfide) groups is 1. The number of ether oxygens (including phenoxy) is 2. The SMILES string of the molecule is CCOc1cc(/C=C2\SC(=S)N(c3ccc(C)cc3)C2=O)ccc1OC(C)=O. The summed E-state index contributed by atoms with van der Waals surface area (Å²) in [5.41, 5.74) is 2.61. The van der Waals surface area contributed by atoms with Gasteiger partial charge in [0, 0.05) is 6.92 Å². The van der Waals surface area contributed by atoms with Gasteiger partial charge in [-0.1, -0.05) is 47.7 Å². The van der Waals surface area contributed by atoms with Crippen LogP contribution in [-0.2, 0) is 9.59 Å². The van der Waals surface area contributed by atoms with E-state index in [1.807, 2.05) is 38.1 Å². The number of benzene rings is 2. The standard InChI is InChI=1S/C21H19NO4S2/c1-4-25-18-11-15(7-10-17(18)26-14(3)23)12-19-20(24)22(21(27)28-19)16-8-5-13(2)6-9-16/h5-12H,4H2,1-3H3/b19-12-. The van der Waals surface area contributed by atoms with Crippen LogP contribution in [0.25, 0.3) is 6.08 Å². The van der Waals surface area contributed by atoms with Crippen LogP contribution < -0.4 is 14.4 Å². The van der Waals surface area contributed by atoms with Crippen molar-refractivity contribution >= 4 is 51.9 Å². The minimum absolute atomic E-state index is 0.166. The van der Waals surface area contributed by atoms with E-state index in [2.05, 4.69) is 0 Å². The topological polar surface area (TPSA) is 55.8 Å². The molecule has 1 saturated heterocycles. The first kappa shape index (κ1) is 20.1. The first-order valence-corrected chi connectivity index (χ1v) is 9.91. The quantitative estimate of drug-likeness (QED) is 0.306. The molecule has 0 aliphatic carbocycles. The van der Waals surface area contributed by atoms with E-state index in [4.69, 9.17) is 21.7 Å². The van der Waals surface area contributed by atoms with E-state index in [0.717, 1.165) is 16.8 Å². The number of thiocarbonyl (C=S) groups is 1. The Kier molecular flexibility index (Phi) is 6.16. The molecular weight excluding hydrogens is 394 g/mol. The van der Waals surface area contributed by atoms with Crippen LogP contribution in [0, 0.1) is 6.92 Å². The average molecular weight is 414 g/mol. The number of carbonyl (C=O) groups excluding carboxylic acids is 2. The number of esters is 1. The van der Waals surface area contributed by atoms with Gasteiger partial charge in [-0.05, 0) is 49.8 Å². The summed E-state index contributed by atoms with van der Waals surface area (Å²) in [5.74, 6) is 0.202. The highest BCUT2D eigenvalue weighted by Crippen LogP contribution is 2.37. The molecule has 144 valence electrons. The van der Waals surface area contributed by atoms with Crippen LogP contribution in [0.3, 0.4) is 0 Å². The summed E-state index contributed by atoms with van der Waals surface area (Å²) in [4.78, 5) is 26.2. The molecular formula is C21H19NO4S2. The fraction of sp³-hybridized carbons (Fsp3) is 0.190. The molecule has 1 aliphatic rings. The number of carbonyl (C=O) groups is 2. The lowest BCUT2D eigenvalue weighted by molar-refractivity contribution is -0.132. The normalized spacial score (nSPS) is 15.2. The first-order chi connectivity index (χ1) is 13.4. The largest absolute Gasteiger partial charge is 0.490 e. The summed E-state index contributed by atoms with van der Waals surface area (Å²) in [6, 6.07) is 12.8. The molecule has 1 heterocycles. The molecule has 1 fully saturated rings. The Morgan fingerprint density at radius 1 is 1.18 bits per heavy atom. The molecule has 0 radical (unpaired) electrons. The zero-order chi connectivity index (χ0) is 20.3. The van der Waals surface area contributed by atoms with E-state index in [0.29, 0.717) is 27.3 Å². The number of anilines is 1. The van der Waals surface area contributed by atoms with Crippen molar-refractivity contribution in [3.63, 3.8) is 0 Å². The van der Waals surface area contributed by atoms with E-state index in [9.17, 15) is 9.59 Å². The van der Waals surface area contributed by atoms with Crippen molar-refractivity contribution in [3.05, 3.63) is 58.5 Å². The number of amides is 1. The van der Waals surface area contributed by atoms with Crippen molar-refractivity contribution in [2.45, 2.75) is 20.8 Å². The van der Waals surface area contributed by atoms with Gasteiger partial charge in [0.1, 0.15) is 0 Å². The maximum Gasteiger partial charge on any atom is 0.308 e. The number of rotatable bonds is 5. The summed E-state index contributed by atoms with van der Waals surface area (Å²) < 4.78 is 11.2. The minimum Gasteiger partial charge on any atom is -0.490 e. The van der Waals surface area contributed by atoms with Crippen LogP contribution in [0.15, 0.2) is 47.4 Å². The lowest BCUT2D eigenvalue weighted by Crippen LogP contribution is -2.27. The molecule has 5 nitrogen and oxygen atoms in total. The molecule has 0 saturated carbocycles.